The van der Waals surface area contributed by atoms with Gasteiger partial charge < -0.3 is 10.1 Å². The van der Waals surface area contributed by atoms with E-state index in [0.29, 0.717) is 17.1 Å². The van der Waals surface area contributed by atoms with Crippen LogP contribution in [0.3, 0.4) is 0 Å². The summed E-state index contributed by atoms with van der Waals surface area (Å²) in [5.74, 6) is -0.849. The minimum Gasteiger partial charge on any atom is -0.461 e. The molecule has 1 amide bonds. The molecule has 0 saturated heterocycles. The summed E-state index contributed by atoms with van der Waals surface area (Å²) in [5.41, 5.74) is 2.45. The van der Waals surface area contributed by atoms with Gasteiger partial charge in [0.1, 0.15) is 11.8 Å². The number of rotatable bonds is 6. The number of aromatic amines is 1. The SMILES string of the molecule is CCOC(=O)C1=NN(c2ccccc2)C(C(=O)Nc2cccc(-c3ccc(=O)[nH]n3)c2)C1. The molecule has 162 valence electrons. The number of carbonyl (C=O) groups excluding carboxylic acids is 2. The average Bonchev–Trinajstić information content (AvgIpc) is 3.26. The van der Waals surface area contributed by atoms with Gasteiger partial charge in [0, 0.05) is 23.7 Å². The van der Waals surface area contributed by atoms with Gasteiger partial charge in [-0.3, -0.25) is 14.6 Å². The second-order valence-corrected chi connectivity index (χ2v) is 7.04. The Bertz CT molecular complexity index is 1200. The number of H-pyrrole nitrogens is 1. The van der Waals surface area contributed by atoms with E-state index in [9.17, 15) is 14.4 Å². The Morgan fingerprint density at radius 2 is 1.94 bits per heavy atom. The third kappa shape index (κ3) is 4.56. The van der Waals surface area contributed by atoms with E-state index in [-0.39, 0.29) is 30.2 Å². The lowest BCUT2D eigenvalue weighted by Crippen LogP contribution is -2.38. The third-order valence-electron chi connectivity index (χ3n) is 4.85. The molecule has 1 atom stereocenters. The molecule has 32 heavy (non-hydrogen) atoms. The van der Waals surface area contributed by atoms with Crippen LogP contribution in [0.15, 0.2) is 76.6 Å². The van der Waals surface area contributed by atoms with Crippen molar-refractivity contribution in [1.82, 2.24) is 10.2 Å². The first-order valence-corrected chi connectivity index (χ1v) is 10.1. The molecule has 2 N–H and O–H groups in total. The molecule has 1 aromatic heterocycles. The lowest BCUT2D eigenvalue weighted by atomic mass is 10.1. The maximum atomic E-state index is 13.2. The number of para-hydroxylation sites is 1. The highest BCUT2D eigenvalue weighted by Gasteiger charge is 2.36. The van der Waals surface area contributed by atoms with Crippen molar-refractivity contribution in [3.05, 3.63) is 77.1 Å². The summed E-state index contributed by atoms with van der Waals surface area (Å²) >= 11 is 0. The number of nitrogens with zero attached hydrogens (tertiary/aromatic N) is 3. The normalized spacial score (nSPS) is 15.2. The van der Waals surface area contributed by atoms with Crippen LogP contribution in [0.5, 0.6) is 0 Å². The van der Waals surface area contributed by atoms with Crippen LogP contribution in [0.4, 0.5) is 11.4 Å². The topological polar surface area (TPSA) is 117 Å². The molecule has 2 heterocycles. The molecule has 0 radical (unpaired) electrons. The van der Waals surface area contributed by atoms with Crippen LogP contribution in [0.1, 0.15) is 13.3 Å². The van der Waals surface area contributed by atoms with Crippen molar-refractivity contribution in [2.75, 3.05) is 16.9 Å². The Morgan fingerprint density at radius 3 is 2.66 bits per heavy atom. The van der Waals surface area contributed by atoms with Crippen molar-refractivity contribution in [2.45, 2.75) is 19.4 Å². The highest BCUT2D eigenvalue weighted by molar-refractivity contribution is 6.38. The summed E-state index contributed by atoms with van der Waals surface area (Å²) < 4.78 is 5.07. The number of hydrogen-bond donors (Lipinski definition) is 2. The molecule has 0 bridgehead atoms. The summed E-state index contributed by atoms with van der Waals surface area (Å²) in [7, 11) is 0. The molecule has 3 aromatic rings. The molecular weight excluding hydrogens is 410 g/mol. The van der Waals surface area contributed by atoms with Crippen molar-refractivity contribution in [3.8, 4) is 11.3 Å². The molecule has 0 spiro atoms. The van der Waals surface area contributed by atoms with Crippen LogP contribution in [-0.4, -0.2) is 40.4 Å². The standard InChI is InChI=1S/C23H21N5O4/c1-2-32-23(31)19-14-20(28(27-19)17-9-4-3-5-10-17)22(30)24-16-8-6-7-15(13-16)18-11-12-21(29)26-25-18/h3-13,20H,2,14H2,1H3,(H,24,30)(H,26,29). The number of esters is 1. The minimum atomic E-state index is -0.716. The van der Waals surface area contributed by atoms with Crippen molar-refractivity contribution in [3.63, 3.8) is 0 Å². The average molecular weight is 431 g/mol. The van der Waals surface area contributed by atoms with Crippen LogP contribution < -0.4 is 15.9 Å². The van der Waals surface area contributed by atoms with Crippen LogP contribution in [0.25, 0.3) is 11.3 Å². The van der Waals surface area contributed by atoms with Crippen LogP contribution in [0.2, 0.25) is 0 Å². The first kappa shape index (κ1) is 21.0. The van der Waals surface area contributed by atoms with Crippen LogP contribution >= 0.6 is 0 Å². The van der Waals surface area contributed by atoms with Crippen molar-refractivity contribution < 1.29 is 14.3 Å². The number of hydrazone groups is 1. The number of aromatic nitrogens is 2. The predicted octanol–water partition coefficient (Wildman–Crippen LogP) is 2.57. The number of benzene rings is 2. The van der Waals surface area contributed by atoms with Gasteiger partial charge in [0.25, 0.3) is 5.56 Å². The second kappa shape index (κ2) is 9.25. The molecular formula is C23H21N5O4. The summed E-state index contributed by atoms with van der Waals surface area (Å²) in [6, 6.07) is 18.6. The summed E-state index contributed by atoms with van der Waals surface area (Å²) in [6.07, 6.45) is 0.126. The molecule has 1 aliphatic heterocycles. The van der Waals surface area contributed by atoms with Gasteiger partial charge in [-0.25, -0.2) is 9.89 Å². The zero-order chi connectivity index (χ0) is 22.5. The Hall–Kier alpha value is -4.27. The number of amides is 1. The summed E-state index contributed by atoms with van der Waals surface area (Å²) in [4.78, 5) is 36.7. The molecule has 2 aromatic carbocycles. The predicted molar refractivity (Wildman–Crippen MR) is 120 cm³/mol. The number of hydrogen-bond acceptors (Lipinski definition) is 7. The first-order chi connectivity index (χ1) is 15.5. The van der Waals surface area contributed by atoms with E-state index >= 15 is 0 Å². The fraction of sp³-hybridized carbons (Fsp3) is 0.174. The first-order valence-electron chi connectivity index (χ1n) is 10.1. The van der Waals surface area contributed by atoms with E-state index < -0.39 is 12.0 Å². The monoisotopic (exact) mass is 431 g/mol. The largest absolute Gasteiger partial charge is 0.461 e. The fourth-order valence-corrected chi connectivity index (χ4v) is 3.36. The molecule has 1 unspecified atom stereocenters. The van der Waals surface area contributed by atoms with E-state index in [1.165, 1.54) is 11.1 Å². The highest BCUT2D eigenvalue weighted by atomic mass is 16.5. The van der Waals surface area contributed by atoms with Gasteiger partial charge in [-0.15, -0.1) is 0 Å². The van der Waals surface area contributed by atoms with Crippen molar-refractivity contribution in [1.29, 1.82) is 0 Å². The zero-order valence-electron chi connectivity index (χ0n) is 17.3. The van der Waals surface area contributed by atoms with Crippen LogP contribution in [-0.2, 0) is 14.3 Å². The number of ether oxygens (including phenoxy) is 1. The zero-order valence-corrected chi connectivity index (χ0v) is 17.3. The van der Waals surface area contributed by atoms with Gasteiger partial charge in [0.2, 0.25) is 5.91 Å². The van der Waals surface area contributed by atoms with Crippen molar-refractivity contribution in [2.24, 2.45) is 5.10 Å². The van der Waals surface area contributed by atoms with Gasteiger partial charge >= 0.3 is 5.97 Å². The fourth-order valence-electron chi connectivity index (χ4n) is 3.36. The molecule has 0 aliphatic carbocycles. The quantitative estimate of drug-likeness (QED) is 0.580. The van der Waals surface area contributed by atoms with Gasteiger partial charge in [-0.2, -0.15) is 10.2 Å². The van der Waals surface area contributed by atoms with E-state index in [2.05, 4.69) is 20.6 Å². The highest BCUT2D eigenvalue weighted by Crippen LogP contribution is 2.26. The maximum absolute atomic E-state index is 13.2. The minimum absolute atomic E-state index is 0.126. The van der Waals surface area contributed by atoms with Gasteiger partial charge in [0.15, 0.2) is 0 Å². The molecule has 1 aliphatic rings. The van der Waals surface area contributed by atoms with E-state index in [1.807, 2.05) is 36.4 Å². The van der Waals surface area contributed by atoms with Gasteiger partial charge in [-0.1, -0.05) is 30.3 Å². The second-order valence-electron chi connectivity index (χ2n) is 7.04. The molecule has 0 saturated carbocycles. The lowest BCUT2D eigenvalue weighted by Gasteiger charge is -2.22. The van der Waals surface area contributed by atoms with Crippen LogP contribution in [0, 0.1) is 0 Å². The Morgan fingerprint density at radius 1 is 1.12 bits per heavy atom. The van der Waals surface area contributed by atoms with E-state index in [0.717, 1.165) is 5.56 Å². The number of nitrogens with one attached hydrogen (secondary N) is 2. The van der Waals surface area contributed by atoms with Gasteiger partial charge in [0.05, 0.1) is 18.0 Å². The Balaban J connectivity index is 1.56. The molecule has 9 heteroatoms. The Labute approximate surface area is 183 Å². The molecule has 0 fully saturated rings. The Kier molecular flexibility index (Phi) is 6.07. The summed E-state index contributed by atoms with van der Waals surface area (Å²) in [5, 5.41) is 15.2. The molecule has 4 rings (SSSR count). The third-order valence-corrected chi connectivity index (χ3v) is 4.85. The lowest BCUT2D eigenvalue weighted by molar-refractivity contribution is -0.135. The molecule has 9 nitrogen and oxygen atoms in total. The number of anilines is 2. The van der Waals surface area contributed by atoms with E-state index in [1.54, 1.807) is 31.2 Å². The number of carbonyl (C=O) groups is 2. The smallest absolute Gasteiger partial charge is 0.354 e. The summed E-state index contributed by atoms with van der Waals surface area (Å²) in [6.45, 7) is 1.95. The maximum Gasteiger partial charge on any atom is 0.354 e. The van der Waals surface area contributed by atoms with Gasteiger partial charge in [-0.05, 0) is 37.3 Å². The van der Waals surface area contributed by atoms with Crippen molar-refractivity contribution >= 4 is 29.0 Å². The van der Waals surface area contributed by atoms with E-state index in [4.69, 9.17) is 4.74 Å².